The van der Waals surface area contributed by atoms with Gasteiger partial charge in [-0.2, -0.15) is 0 Å². The summed E-state index contributed by atoms with van der Waals surface area (Å²) in [6, 6.07) is 9.71. The highest BCUT2D eigenvalue weighted by atomic mass is 32.1. The first-order valence-electron chi connectivity index (χ1n) is 8.17. The number of benzene rings is 1. The number of carboxylic acid groups (broad SMARTS) is 1. The number of likely N-dealkylation sites (tertiary alicyclic amines) is 1. The van der Waals surface area contributed by atoms with Crippen molar-refractivity contribution in [2.24, 2.45) is 5.41 Å². The zero-order valence-electron chi connectivity index (χ0n) is 14.3. The van der Waals surface area contributed by atoms with E-state index < -0.39 is 11.4 Å². The Morgan fingerprint density at radius 2 is 2.08 bits per heavy atom. The number of hydrogen-bond donors (Lipinski definition) is 2. The molecule has 0 radical (unpaired) electrons. The van der Waals surface area contributed by atoms with Crippen LogP contribution >= 0.6 is 11.3 Å². The Morgan fingerprint density at radius 1 is 1.36 bits per heavy atom. The highest BCUT2D eigenvalue weighted by Gasteiger charge is 2.42. The van der Waals surface area contributed by atoms with Crippen molar-refractivity contribution < 1.29 is 14.7 Å². The average Bonchev–Trinajstić information content (AvgIpc) is 3.18. The Labute approximate surface area is 150 Å². The summed E-state index contributed by atoms with van der Waals surface area (Å²) in [5.74, 6) is -0.853. The third-order valence-electron chi connectivity index (χ3n) is 4.59. The number of rotatable bonds is 4. The van der Waals surface area contributed by atoms with Crippen molar-refractivity contribution in [1.29, 1.82) is 0 Å². The maximum absolute atomic E-state index is 12.3. The van der Waals surface area contributed by atoms with Gasteiger partial charge in [-0.1, -0.05) is 30.3 Å². The minimum Gasteiger partial charge on any atom is -0.481 e. The molecule has 25 heavy (non-hydrogen) atoms. The molecule has 0 spiro atoms. The van der Waals surface area contributed by atoms with E-state index in [4.69, 9.17) is 0 Å². The number of nitrogens with one attached hydrogen (secondary N) is 1. The first kappa shape index (κ1) is 17.4. The van der Waals surface area contributed by atoms with Crippen LogP contribution in [0, 0.1) is 12.3 Å². The number of aryl methyl sites for hydroxylation is 1. The van der Waals surface area contributed by atoms with Crippen LogP contribution in [0.3, 0.4) is 0 Å². The molecule has 2 heterocycles. The molecule has 1 aliphatic heterocycles. The number of thiazole rings is 1. The highest BCUT2D eigenvalue weighted by Crippen LogP contribution is 2.30. The molecule has 0 aliphatic carbocycles. The summed E-state index contributed by atoms with van der Waals surface area (Å²) in [5, 5.41) is 13.1. The van der Waals surface area contributed by atoms with Gasteiger partial charge >= 0.3 is 12.0 Å². The van der Waals surface area contributed by atoms with E-state index in [1.807, 2.05) is 37.3 Å². The number of carbonyl (C=O) groups is 2. The molecule has 6 nitrogen and oxygen atoms in total. The summed E-state index contributed by atoms with van der Waals surface area (Å²) < 4.78 is 0. The topological polar surface area (TPSA) is 82.5 Å². The molecule has 7 heteroatoms. The third-order valence-corrected chi connectivity index (χ3v) is 5.80. The Bertz CT molecular complexity index is 790. The van der Waals surface area contributed by atoms with Crippen molar-refractivity contribution in [1.82, 2.24) is 15.2 Å². The van der Waals surface area contributed by atoms with Crippen molar-refractivity contribution >= 4 is 23.3 Å². The van der Waals surface area contributed by atoms with E-state index in [1.54, 1.807) is 23.2 Å². The number of aromatic nitrogens is 1. The molecule has 1 aromatic heterocycles. The monoisotopic (exact) mass is 359 g/mol. The summed E-state index contributed by atoms with van der Waals surface area (Å²) in [6.07, 6.45) is 0.480. The standard InChI is InChI=1S/C18H21N3O3S/c1-12-14(25-15(20-12)13-6-4-3-5-7-13)10-19-17(24)21-9-8-18(2,11-21)16(22)23/h3-7H,8-11H2,1-2H3,(H,19,24)(H,22,23). The lowest BCUT2D eigenvalue weighted by molar-refractivity contribution is -0.147. The molecule has 132 valence electrons. The molecule has 0 saturated carbocycles. The van der Waals surface area contributed by atoms with E-state index >= 15 is 0 Å². The lowest BCUT2D eigenvalue weighted by Crippen LogP contribution is -2.40. The lowest BCUT2D eigenvalue weighted by Gasteiger charge is -2.20. The number of carboxylic acids is 1. The van der Waals surface area contributed by atoms with E-state index in [0.29, 0.717) is 19.5 Å². The summed E-state index contributed by atoms with van der Waals surface area (Å²) in [5.41, 5.74) is 1.11. The Morgan fingerprint density at radius 3 is 2.72 bits per heavy atom. The number of carbonyl (C=O) groups excluding carboxylic acids is 1. The van der Waals surface area contributed by atoms with Gasteiger partial charge in [0.05, 0.1) is 17.7 Å². The van der Waals surface area contributed by atoms with Gasteiger partial charge < -0.3 is 15.3 Å². The fraction of sp³-hybridized carbons (Fsp3) is 0.389. The number of urea groups is 1. The molecule has 1 aliphatic rings. The summed E-state index contributed by atoms with van der Waals surface area (Å²) in [7, 11) is 0. The van der Waals surface area contributed by atoms with Gasteiger partial charge in [0.1, 0.15) is 5.01 Å². The molecule has 1 saturated heterocycles. The zero-order valence-corrected chi connectivity index (χ0v) is 15.1. The van der Waals surface area contributed by atoms with E-state index in [0.717, 1.165) is 21.1 Å². The predicted molar refractivity (Wildman–Crippen MR) is 96.5 cm³/mol. The quantitative estimate of drug-likeness (QED) is 0.879. The summed E-state index contributed by atoms with van der Waals surface area (Å²) in [6.45, 7) is 4.72. The van der Waals surface area contributed by atoms with Gasteiger partial charge in [0.2, 0.25) is 0 Å². The van der Waals surface area contributed by atoms with Gasteiger partial charge in [0.25, 0.3) is 0 Å². The second kappa shape index (κ2) is 6.84. The van der Waals surface area contributed by atoms with Crippen molar-refractivity contribution in [3.05, 3.63) is 40.9 Å². The molecule has 2 amide bonds. The molecule has 1 atom stereocenters. The number of hydrogen-bond acceptors (Lipinski definition) is 4. The van der Waals surface area contributed by atoms with E-state index in [2.05, 4.69) is 10.3 Å². The third kappa shape index (κ3) is 3.66. The fourth-order valence-corrected chi connectivity index (χ4v) is 3.88. The van der Waals surface area contributed by atoms with Crippen LogP contribution in [-0.4, -0.2) is 40.1 Å². The van der Waals surface area contributed by atoms with Crippen LogP contribution in [0.1, 0.15) is 23.9 Å². The number of nitrogens with zero attached hydrogens (tertiary/aromatic N) is 2. The largest absolute Gasteiger partial charge is 0.481 e. The van der Waals surface area contributed by atoms with E-state index in [9.17, 15) is 14.7 Å². The molecule has 1 aromatic carbocycles. The Hall–Kier alpha value is -2.41. The first-order chi connectivity index (χ1) is 11.9. The number of aliphatic carboxylic acids is 1. The zero-order chi connectivity index (χ0) is 18.0. The van der Waals surface area contributed by atoms with Crippen molar-refractivity contribution in [3.8, 4) is 10.6 Å². The van der Waals surface area contributed by atoms with Gasteiger partial charge in [-0.05, 0) is 20.3 Å². The molecule has 2 aromatic rings. The highest BCUT2D eigenvalue weighted by molar-refractivity contribution is 7.15. The van der Waals surface area contributed by atoms with Crippen LogP contribution in [-0.2, 0) is 11.3 Å². The van der Waals surface area contributed by atoms with Gasteiger partial charge in [-0.3, -0.25) is 4.79 Å². The molecular formula is C18H21N3O3S. The first-order valence-corrected chi connectivity index (χ1v) is 8.98. The smallest absolute Gasteiger partial charge is 0.317 e. The van der Waals surface area contributed by atoms with Gasteiger partial charge in [0, 0.05) is 23.5 Å². The van der Waals surface area contributed by atoms with Gasteiger partial charge in [-0.25, -0.2) is 9.78 Å². The SMILES string of the molecule is Cc1nc(-c2ccccc2)sc1CNC(=O)N1CCC(C)(C(=O)O)C1. The van der Waals surface area contributed by atoms with Crippen molar-refractivity contribution in [2.45, 2.75) is 26.8 Å². The minimum atomic E-state index is -0.853. The molecule has 3 rings (SSSR count). The minimum absolute atomic E-state index is 0.223. The second-order valence-electron chi connectivity index (χ2n) is 6.59. The fourth-order valence-electron chi connectivity index (χ4n) is 2.87. The molecule has 0 bridgehead atoms. The van der Waals surface area contributed by atoms with E-state index in [1.165, 1.54) is 0 Å². The van der Waals surface area contributed by atoms with Crippen LogP contribution in [0.15, 0.2) is 30.3 Å². The van der Waals surface area contributed by atoms with Gasteiger partial charge in [0.15, 0.2) is 0 Å². The van der Waals surface area contributed by atoms with Crippen LogP contribution in [0.2, 0.25) is 0 Å². The lowest BCUT2D eigenvalue weighted by atomic mass is 9.90. The predicted octanol–water partition coefficient (Wildman–Crippen LogP) is 3.12. The van der Waals surface area contributed by atoms with Crippen LogP contribution in [0.4, 0.5) is 4.79 Å². The Balaban J connectivity index is 1.62. The summed E-state index contributed by atoms with van der Waals surface area (Å²) in [4.78, 5) is 30.8. The van der Waals surface area contributed by atoms with Crippen LogP contribution in [0.5, 0.6) is 0 Å². The normalized spacial score (nSPS) is 19.8. The second-order valence-corrected chi connectivity index (χ2v) is 7.67. The Kier molecular flexibility index (Phi) is 4.76. The average molecular weight is 359 g/mol. The summed E-state index contributed by atoms with van der Waals surface area (Å²) >= 11 is 1.56. The maximum Gasteiger partial charge on any atom is 0.317 e. The number of amides is 2. The van der Waals surface area contributed by atoms with Crippen LogP contribution < -0.4 is 5.32 Å². The molecule has 1 unspecified atom stereocenters. The van der Waals surface area contributed by atoms with Gasteiger partial charge in [-0.15, -0.1) is 11.3 Å². The maximum atomic E-state index is 12.3. The molecule has 1 fully saturated rings. The molecule has 2 N–H and O–H groups in total. The van der Waals surface area contributed by atoms with Crippen molar-refractivity contribution in [3.63, 3.8) is 0 Å². The van der Waals surface area contributed by atoms with Crippen LogP contribution in [0.25, 0.3) is 10.6 Å². The van der Waals surface area contributed by atoms with Crippen molar-refractivity contribution in [2.75, 3.05) is 13.1 Å². The molecular weight excluding hydrogens is 338 g/mol. The van der Waals surface area contributed by atoms with E-state index in [-0.39, 0.29) is 12.6 Å².